The monoisotopic (exact) mass is 329 g/mol. The maximum Gasteiger partial charge on any atom is 0.251 e. The van der Waals surface area contributed by atoms with Crippen LogP contribution in [0.3, 0.4) is 0 Å². The van der Waals surface area contributed by atoms with E-state index >= 15 is 0 Å². The fourth-order valence-electron chi connectivity index (χ4n) is 1.69. The molecule has 6 heteroatoms. The molecule has 0 aliphatic carbocycles. The number of carbonyl (C=O) groups excluding carboxylic acids is 1. The Morgan fingerprint density at radius 1 is 1.47 bits per heavy atom. The summed E-state index contributed by atoms with van der Waals surface area (Å²) in [5.74, 6) is -0.110. The molecule has 5 nitrogen and oxygen atoms in total. The molecule has 0 saturated heterocycles. The van der Waals surface area contributed by atoms with Gasteiger partial charge >= 0.3 is 0 Å². The number of halogens is 1. The second-order valence-corrected chi connectivity index (χ2v) is 6.35. The summed E-state index contributed by atoms with van der Waals surface area (Å²) in [6.07, 6.45) is 1.61. The molecule has 19 heavy (non-hydrogen) atoms. The molecule has 0 saturated carbocycles. The summed E-state index contributed by atoms with van der Waals surface area (Å²) in [5.41, 5.74) is 5.33. The number of hydrogen-bond acceptors (Lipinski definition) is 3. The van der Waals surface area contributed by atoms with Crippen molar-refractivity contribution in [2.24, 2.45) is 11.1 Å². The third-order valence-corrected chi connectivity index (χ3v) is 3.37. The van der Waals surface area contributed by atoms with E-state index in [2.05, 4.69) is 15.9 Å². The zero-order valence-electron chi connectivity index (χ0n) is 11.5. The standard InChI is InChI=1S/C13H20BrN3O2/c1-13(2,8-15)9-16(3)12(19)7-17-6-10(14)4-5-11(17)18/h4-6H,7-9,15H2,1-3H3. The molecule has 1 amide bonds. The Morgan fingerprint density at radius 3 is 2.68 bits per heavy atom. The molecule has 1 aromatic heterocycles. The lowest BCUT2D eigenvalue weighted by Crippen LogP contribution is -2.41. The SMILES string of the molecule is CN(CC(C)(C)CN)C(=O)Cn1cc(Br)ccc1=O. The van der Waals surface area contributed by atoms with Crippen molar-refractivity contribution in [3.63, 3.8) is 0 Å². The summed E-state index contributed by atoms with van der Waals surface area (Å²) < 4.78 is 2.16. The van der Waals surface area contributed by atoms with E-state index in [4.69, 9.17) is 5.73 Å². The van der Waals surface area contributed by atoms with Crippen LogP contribution in [0.15, 0.2) is 27.6 Å². The van der Waals surface area contributed by atoms with Crippen molar-refractivity contribution in [1.29, 1.82) is 0 Å². The highest BCUT2D eigenvalue weighted by Crippen LogP contribution is 2.14. The van der Waals surface area contributed by atoms with E-state index in [0.29, 0.717) is 13.1 Å². The Bertz CT molecular complexity index is 511. The maximum atomic E-state index is 12.1. The van der Waals surface area contributed by atoms with Crippen molar-refractivity contribution in [2.45, 2.75) is 20.4 Å². The summed E-state index contributed by atoms with van der Waals surface area (Å²) in [6.45, 7) is 5.10. The summed E-state index contributed by atoms with van der Waals surface area (Å²) >= 11 is 3.28. The molecule has 0 aliphatic rings. The van der Waals surface area contributed by atoms with Gasteiger partial charge in [0.05, 0.1) is 0 Å². The van der Waals surface area contributed by atoms with Crippen LogP contribution in [0, 0.1) is 5.41 Å². The van der Waals surface area contributed by atoms with Gasteiger partial charge in [-0.3, -0.25) is 9.59 Å². The molecule has 0 spiro atoms. The first-order valence-electron chi connectivity index (χ1n) is 6.05. The molecule has 1 heterocycles. The fraction of sp³-hybridized carbons (Fsp3) is 0.538. The van der Waals surface area contributed by atoms with Gasteiger partial charge in [-0.1, -0.05) is 13.8 Å². The lowest BCUT2D eigenvalue weighted by Gasteiger charge is -2.29. The smallest absolute Gasteiger partial charge is 0.251 e. The number of carbonyl (C=O) groups is 1. The van der Waals surface area contributed by atoms with Crippen LogP contribution >= 0.6 is 15.9 Å². The quantitative estimate of drug-likeness (QED) is 0.878. The van der Waals surface area contributed by atoms with E-state index in [1.54, 1.807) is 24.2 Å². The number of likely N-dealkylation sites (N-methyl/N-ethyl adjacent to an activating group) is 1. The van der Waals surface area contributed by atoms with E-state index in [9.17, 15) is 9.59 Å². The first-order valence-corrected chi connectivity index (χ1v) is 6.84. The van der Waals surface area contributed by atoms with E-state index in [1.165, 1.54) is 10.6 Å². The van der Waals surface area contributed by atoms with Gasteiger partial charge in [0, 0.05) is 30.3 Å². The summed E-state index contributed by atoms with van der Waals surface area (Å²) in [7, 11) is 1.72. The highest BCUT2D eigenvalue weighted by atomic mass is 79.9. The third kappa shape index (κ3) is 4.80. The number of rotatable bonds is 5. The molecular weight excluding hydrogens is 310 g/mol. The van der Waals surface area contributed by atoms with Crippen LogP contribution < -0.4 is 11.3 Å². The van der Waals surface area contributed by atoms with E-state index in [-0.39, 0.29) is 23.4 Å². The summed E-state index contributed by atoms with van der Waals surface area (Å²) in [4.78, 5) is 25.3. The zero-order chi connectivity index (χ0) is 14.6. The molecule has 0 aliphatic heterocycles. The number of amides is 1. The average Bonchev–Trinajstić information content (AvgIpc) is 2.33. The Labute approximate surface area is 121 Å². The Morgan fingerprint density at radius 2 is 2.11 bits per heavy atom. The molecule has 1 rings (SSSR count). The summed E-state index contributed by atoms with van der Waals surface area (Å²) in [6, 6.07) is 3.09. The predicted octanol–water partition coefficient (Wildman–Crippen LogP) is 1.05. The second-order valence-electron chi connectivity index (χ2n) is 5.43. The molecule has 0 aromatic carbocycles. The molecular formula is C13H20BrN3O2. The zero-order valence-corrected chi connectivity index (χ0v) is 13.1. The normalized spacial score (nSPS) is 11.4. The van der Waals surface area contributed by atoms with Crippen LogP contribution in [0.4, 0.5) is 0 Å². The first-order chi connectivity index (χ1) is 8.75. The van der Waals surface area contributed by atoms with Crippen LogP contribution in [0.2, 0.25) is 0 Å². The third-order valence-electron chi connectivity index (χ3n) is 2.90. The van der Waals surface area contributed by atoms with Gasteiger partial charge in [-0.25, -0.2) is 0 Å². The maximum absolute atomic E-state index is 12.1. The molecule has 2 N–H and O–H groups in total. The molecule has 0 radical (unpaired) electrons. The minimum atomic E-state index is -0.192. The van der Waals surface area contributed by atoms with Crippen molar-refractivity contribution in [3.05, 3.63) is 33.2 Å². The van der Waals surface area contributed by atoms with E-state index in [0.717, 1.165) is 4.47 Å². The van der Waals surface area contributed by atoms with Gasteiger partial charge in [-0.2, -0.15) is 0 Å². The van der Waals surface area contributed by atoms with E-state index in [1.807, 2.05) is 13.8 Å². The highest BCUT2D eigenvalue weighted by molar-refractivity contribution is 9.10. The second kappa shape index (κ2) is 6.34. The van der Waals surface area contributed by atoms with Crippen LogP contribution in [0.5, 0.6) is 0 Å². The van der Waals surface area contributed by atoms with Gasteiger partial charge in [0.15, 0.2) is 0 Å². The van der Waals surface area contributed by atoms with Gasteiger partial charge in [0.1, 0.15) is 6.54 Å². The molecule has 0 bridgehead atoms. The van der Waals surface area contributed by atoms with Crippen molar-refractivity contribution in [3.8, 4) is 0 Å². The lowest BCUT2D eigenvalue weighted by molar-refractivity contribution is -0.131. The minimum absolute atomic E-state index is 0.0371. The topological polar surface area (TPSA) is 68.3 Å². The predicted molar refractivity (Wildman–Crippen MR) is 78.9 cm³/mol. The van der Waals surface area contributed by atoms with E-state index < -0.39 is 0 Å². The Hall–Kier alpha value is -1.14. The number of pyridine rings is 1. The van der Waals surface area contributed by atoms with Crippen LogP contribution in [-0.4, -0.2) is 35.5 Å². The van der Waals surface area contributed by atoms with Gasteiger partial charge in [-0.15, -0.1) is 0 Å². The fourth-order valence-corrected chi connectivity index (χ4v) is 2.07. The van der Waals surface area contributed by atoms with Crippen molar-refractivity contribution in [1.82, 2.24) is 9.47 Å². The van der Waals surface area contributed by atoms with Gasteiger partial charge in [0.25, 0.3) is 5.56 Å². The number of nitrogens with zero attached hydrogens (tertiary/aromatic N) is 2. The molecule has 106 valence electrons. The lowest BCUT2D eigenvalue weighted by atomic mass is 9.93. The first kappa shape index (κ1) is 15.9. The Balaban J connectivity index is 2.74. The van der Waals surface area contributed by atoms with Crippen molar-refractivity contribution >= 4 is 21.8 Å². The number of hydrogen-bond donors (Lipinski definition) is 1. The molecule has 0 atom stereocenters. The Kier molecular flexibility index (Phi) is 5.31. The van der Waals surface area contributed by atoms with Crippen LogP contribution in [-0.2, 0) is 11.3 Å². The van der Waals surface area contributed by atoms with Crippen molar-refractivity contribution in [2.75, 3.05) is 20.1 Å². The van der Waals surface area contributed by atoms with Gasteiger partial charge in [0.2, 0.25) is 5.91 Å². The average molecular weight is 330 g/mol. The molecule has 0 fully saturated rings. The number of aromatic nitrogens is 1. The number of nitrogens with two attached hydrogens (primary N) is 1. The largest absolute Gasteiger partial charge is 0.344 e. The summed E-state index contributed by atoms with van der Waals surface area (Å²) in [5, 5.41) is 0. The highest BCUT2D eigenvalue weighted by Gasteiger charge is 2.21. The van der Waals surface area contributed by atoms with Gasteiger partial charge in [-0.05, 0) is 34.0 Å². The van der Waals surface area contributed by atoms with Crippen LogP contribution in [0.25, 0.3) is 0 Å². The van der Waals surface area contributed by atoms with Crippen molar-refractivity contribution < 1.29 is 4.79 Å². The van der Waals surface area contributed by atoms with Crippen LogP contribution in [0.1, 0.15) is 13.8 Å². The molecule has 1 aromatic rings. The minimum Gasteiger partial charge on any atom is -0.344 e. The van der Waals surface area contributed by atoms with Gasteiger partial charge < -0.3 is 15.2 Å². The molecule has 0 unspecified atom stereocenters.